The molecule has 8 nitrogen and oxygen atoms in total. The monoisotopic (exact) mass is 338 g/mol. The number of hydrogen-bond acceptors (Lipinski definition) is 6. The zero-order valence-electron chi connectivity index (χ0n) is 14.0. The van der Waals surface area contributed by atoms with Crippen molar-refractivity contribution in [3.63, 3.8) is 0 Å². The summed E-state index contributed by atoms with van der Waals surface area (Å²) in [6.07, 6.45) is 6.21. The lowest BCUT2D eigenvalue weighted by Gasteiger charge is -2.26. The first-order chi connectivity index (χ1) is 12.4. The molecule has 0 bridgehead atoms. The van der Waals surface area contributed by atoms with Crippen LogP contribution in [-0.4, -0.2) is 69.1 Å². The van der Waals surface area contributed by atoms with E-state index in [1.807, 2.05) is 18.2 Å². The molecular weight excluding hydrogens is 318 g/mol. The van der Waals surface area contributed by atoms with E-state index >= 15 is 0 Å². The third kappa shape index (κ3) is 3.75. The highest BCUT2D eigenvalue weighted by Crippen LogP contribution is 2.22. The topological polar surface area (TPSA) is 82.5 Å². The third-order valence-electron chi connectivity index (χ3n) is 4.21. The Balaban J connectivity index is 1.38. The first kappa shape index (κ1) is 15.9. The van der Waals surface area contributed by atoms with Crippen LogP contribution in [0.25, 0.3) is 16.8 Å². The maximum absolute atomic E-state index is 5.36. The van der Waals surface area contributed by atoms with Gasteiger partial charge in [-0.1, -0.05) is 0 Å². The smallest absolute Gasteiger partial charge is 0.245 e. The van der Waals surface area contributed by atoms with E-state index in [0.717, 1.165) is 62.6 Å². The highest BCUT2D eigenvalue weighted by Gasteiger charge is 2.11. The summed E-state index contributed by atoms with van der Waals surface area (Å²) in [6, 6.07) is 5.73. The summed E-state index contributed by atoms with van der Waals surface area (Å²) >= 11 is 0. The Bertz CT molecular complexity index is 828. The second-order valence-electron chi connectivity index (χ2n) is 5.89. The largest absolute Gasteiger partial charge is 0.379 e. The minimum atomic E-state index is 0.516. The Morgan fingerprint density at radius 2 is 2.04 bits per heavy atom. The second-order valence-corrected chi connectivity index (χ2v) is 5.89. The van der Waals surface area contributed by atoms with Crippen molar-refractivity contribution in [3.8, 4) is 11.3 Å². The van der Waals surface area contributed by atoms with Crippen molar-refractivity contribution in [2.45, 2.75) is 6.42 Å². The van der Waals surface area contributed by atoms with E-state index in [0.29, 0.717) is 5.95 Å². The zero-order valence-corrected chi connectivity index (χ0v) is 14.0. The van der Waals surface area contributed by atoms with Gasteiger partial charge < -0.3 is 4.74 Å². The summed E-state index contributed by atoms with van der Waals surface area (Å²) in [5.74, 6) is 0.516. The average Bonchev–Trinajstić information content (AvgIpc) is 3.11. The van der Waals surface area contributed by atoms with Gasteiger partial charge in [0.05, 0.1) is 30.6 Å². The molecule has 0 saturated carbocycles. The van der Waals surface area contributed by atoms with Gasteiger partial charge in [0, 0.05) is 44.1 Å². The van der Waals surface area contributed by atoms with Crippen molar-refractivity contribution in [2.75, 3.05) is 39.4 Å². The molecule has 1 aliphatic rings. The minimum Gasteiger partial charge on any atom is -0.379 e. The number of fused-ring (bicyclic) bond motifs is 1. The summed E-state index contributed by atoms with van der Waals surface area (Å²) in [4.78, 5) is 11.2. The van der Waals surface area contributed by atoms with Crippen LogP contribution in [0, 0.1) is 0 Å². The predicted molar refractivity (Wildman–Crippen MR) is 92.6 cm³/mol. The van der Waals surface area contributed by atoms with Crippen LogP contribution >= 0.6 is 0 Å². The Morgan fingerprint density at radius 3 is 2.96 bits per heavy atom. The van der Waals surface area contributed by atoms with Crippen molar-refractivity contribution in [1.82, 2.24) is 35.0 Å². The van der Waals surface area contributed by atoms with Gasteiger partial charge in [0.2, 0.25) is 5.95 Å². The van der Waals surface area contributed by atoms with E-state index in [4.69, 9.17) is 4.74 Å². The van der Waals surface area contributed by atoms with Crippen LogP contribution < -0.4 is 5.32 Å². The first-order valence-corrected chi connectivity index (χ1v) is 8.50. The lowest BCUT2D eigenvalue weighted by molar-refractivity contribution is 0.0375. The summed E-state index contributed by atoms with van der Waals surface area (Å²) in [5.41, 5.74) is 2.66. The van der Waals surface area contributed by atoms with Crippen LogP contribution in [0.5, 0.6) is 0 Å². The van der Waals surface area contributed by atoms with Crippen LogP contribution in [0.3, 0.4) is 0 Å². The fourth-order valence-corrected chi connectivity index (χ4v) is 2.90. The van der Waals surface area contributed by atoms with Crippen molar-refractivity contribution in [2.24, 2.45) is 0 Å². The van der Waals surface area contributed by atoms with Crippen LogP contribution in [0.1, 0.15) is 6.42 Å². The molecule has 1 aliphatic heterocycles. The van der Waals surface area contributed by atoms with E-state index in [-0.39, 0.29) is 0 Å². The van der Waals surface area contributed by atoms with E-state index in [9.17, 15) is 0 Å². The second kappa shape index (κ2) is 7.54. The first-order valence-electron chi connectivity index (χ1n) is 8.50. The van der Waals surface area contributed by atoms with E-state index in [1.165, 1.54) is 0 Å². The molecule has 0 amide bonds. The van der Waals surface area contributed by atoms with Crippen LogP contribution in [0.15, 0.2) is 36.8 Å². The molecule has 129 valence electrons. The minimum absolute atomic E-state index is 0.516. The highest BCUT2D eigenvalue weighted by atomic mass is 16.5. The van der Waals surface area contributed by atoms with Gasteiger partial charge in [-0.15, -0.1) is 0 Å². The number of ether oxygens (including phenoxy) is 1. The van der Waals surface area contributed by atoms with Crippen molar-refractivity contribution < 1.29 is 4.74 Å². The van der Waals surface area contributed by atoms with Gasteiger partial charge in [0.15, 0.2) is 0 Å². The molecule has 4 heterocycles. The maximum atomic E-state index is 5.36. The Hall–Kier alpha value is -2.58. The van der Waals surface area contributed by atoms with Gasteiger partial charge in [0.25, 0.3) is 0 Å². The average molecular weight is 338 g/mol. The molecular formula is C17H20N7O. The predicted octanol–water partition coefficient (Wildman–Crippen LogP) is 1.14. The zero-order chi connectivity index (χ0) is 16.9. The van der Waals surface area contributed by atoms with Gasteiger partial charge in [0.1, 0.15) is 0 Å². The van der Waals surface area contributed by atoms with Crippen molar-refractivity contribution >= 4 is 11.5 Å². The molecule has 0 aromatic carbocycles. The van der Waals surface area contributed by atoms with Crippen LogP contribution in [0.4, 0.5) is 5.95 Å². The van der Waals surface area contributed by atoms with Gasteiger partial charge in [-0.05, 0) is 24.6 Å². The number of hydrogen-bond donors (Lipinski definition) is 0. The molecule has 0 spiro atoms. The molecule has 8 heteroatoms. The van der Waals surface area contributed by atoms with Gasteiger partial charge >= 0.3 is 0 Å². The molecule has 0 atom stereocenters. The molecule has 1 fully saturated rings. The quantitative estimate of drug-likeness (QED) is 0.627. The molecule has 0 unspecified atom stereocenters. The number of nitrogens with zero attached hydrogens (tertiary/aromatic N) is 7. The molecule has 4 rings (SSSR count). The Labute approximate surface area is 145 Å². The lowest BCUT2D eigenvalue weighted by atomic mass is 10.2. The SMILES string of the molecule is c1cnn2ncc(-c3ccnc([N]CCCN4CCOCC4)n3)c2c1. The maximum Gasteiger partial charge on any atom is 0.245 e. The highest BCUT2D eigenvalue weighted by molar-refractivity contribution is 5.77. The number of aromatic nitrogens is 5. The molecule has 3 aromatic rings. The van der Waals surface area contributed by atoms with E-state index < -0.39 is 0 Å². The summed E-state index contributed by atoms with van der Waals surface area (Å²) in [6.45, 7) is 5.43. The van der Waals surface area contributed by atoms with Crippen LogP contribution in [0.2, 0.25) is 0 Å². The Morgan fingerprint density at radius 1 is 1.12 bits per heavy atom. The molecule has 1 saturated heterocycles. The third-order valence-corrected chi connectivity index (χ3v) is 4.21. The molecule has 3 aromatic heterocycles. The van der Waals surface area contributed by atoms with Crippen molar-refractivity contribution in [3.05, 3.63) is 36.8 Å². The van der Waals surface area contributed by atoms with E-state index in [2.05, 4.69) is 30.4 Å². The molecule has 1 radical (unpaired) electrons. The summed E-state index contributed by atoms with van der Waals surface area (Å²) < 4.78 is 6.95. The van der Waals surface area contributed by atoms with Gasteiger partial charge in [-0.2, -0.15) is 14.8 Å². The molecule has 0 aliphatic carbocycles. The van der Waals surface area contributed by atoms with Gasteiger partial charge in [-0.3, -0.25) is 4.90 Å². The standard InChI is InChI=1S/C17H20N7O/c1-3-16-14(13-21-24(16)20-6-1)15-4-7-19-17(22-15)18-5-2-8-23-9-11-25-12-10-23/h1,3-4,6-7,13H,2,5,8-12H2. The lowest BCUT2D eigenvalue weighted by Crippen LogP contribution is -2.37. The Kier molecular flexibility index (Phi) is 4.80. The molecule has 25 heavy (non-hydrogen) atoms. The summed E-state index contributed by atoms with van der Waals surface area (Å²) in [5, 5.41) is 12.9. The fourth-order valence-electron chi connectivity index (χ4n) is 2.90. The molecule has 0 N–H and O–H groups in total. The normalized spacial score (nSPS) is 15.5. The summed E-state index contributed by atoms with van der Waals surface area (Å²) in [7, 11) is 0. The fraction of sp³-hybridized carbons (Fsp3) is 0.412. The number of rotatable bonds is 6. The van der Waals surface area contributed by atoms with Crippen LogP contribution in [-0.2, 0) is 4.74 Å². The van der Waals surface area contributed by atoms with E-state index in [1.54, 1.807) is 23.2 Å². The number of morpholine rings is 1. The van der Waals surface area contributed by atoms with Crippen molar-refractivity contribution in [1.29, 1.82) is 0 Å². The van der Waals surface area contributed by atoms with Gasteiger partial charge in [-0.25, -0.2) is 15.3 Å².